The second kappa shape index (κ2) is 21.6. The lowest BCUT2D eigenvalue weighted by Gasteiger charge is -2.46. The number of thiophene rings is 1. The van der Waals surface area contributed by atoms with Gasteiger partial charge >= 0.3 is 0 Å². The molecular formula is C90H65BN4S. The lowest BCUT2D eigenvalue weighted by molar-refractivity contribution is 0.632. The van der Waals surface area contributed by atoms with Crippen LogP contribution >= 0.6 is 11.3 Å². The van der Waals surface area contributed by atoms with Crippen molar-refractivity contribution in [2.45, 2.75) is 38.5 Å². The van der Waals surface area contributed by atoms with E-state index in [1.807, 2.05) is 11.3 Å². The van der Waals surface area contributed by atoms with E-state index in [0.29, 0.717) is 0 Å². The van der Waals surface area contributed by atoms with Crippen molar-refractivity contribution in [3.8, 4) is 44.5 Å². The van der Waals surface area contributed by atoms with Crippen molar-refractivity contribution in [1.29, 1.82) is 0 Å². The Morgan fingerprint density at radius 3 is 1.10 bits per heavy atom. The molecule has 0 radical (unpaired) electrons. The second-order valence-electron chi connectivity index (χ2n) is 27.1. The Hall–Kier alpha value is -11.4. The van der Waals surface area contributed by atoms with Crippen LogP contribution in [-0.2, 0) is 10.8 Å². The predicted octanol–water partition coefficient (Wildman–Crippen LogP) is 23.0. The molecule has 0 saturated heterocycles. The molecule has 4 aliphatic heterocycles. The van der Waals surface area contributed by atoms with Crippen molar-refractivity contribution in [3.63, 3.8) is 0 Å². The molecule has 0 saturated carbocycles. The minimum atomic E-state index is -0.270. The second-order valence-corrected chi connectivity index (χ2v) is 28.2. The molecule has 4 aliphatic rings. The van der Waals surface area contributed by atoms with Crippen LogP contribution in [0.15, 0.2) is 322 Å². The minimum Gasteiger partial charge on any atom is -0.311 e. The van der Waals surface area contributed by atoms with Crippen LogP contribution in [0.25, 0.3) is 64.7 Å². The molecule has 15 aromatic rings. The van der Waals surface area contributed by atoms with Crippen molar-refractivity contribution in [3.05, 3.63) is 344 Å². The highest BCUT2D eigenvalue weighted by Gasteiger charge is 2.48. The first-order valence-corrected chi connectivity index (χ1v) is 34.3. The maximum Gasteiger partial charge on any atom is 0.252 e. The Labute approximate surface area is 565 Å². The zero-order valence-corrected chi connectivity index (χ0v) is 54.7. The number of rotatable bonds is 8. The molecule has 454 valence electrons. The third kappa shape index (κ3) is 8.41. The molecule has 5 heterocycles. The zero-order valence-electron chi connectivity index (χ0n) is 53.9. The lowest BCUT2D eigenvalue weighted by Crippen LogP contribution is -2.61. The van der Waals surface area contributed by atoms with E-state index >= 15 is 0 Å². The molecule has 4 nitrogen and oxygen atoms in total. The summed E-state index contributed by atoms with van der Waals surface area (Å²) in [7, 11) is 0. The van der Waals surface area contributed by atoms with E-state index < -0.39 is 0 Å². The van der Waals surface area contributed by atoms with E-state index in [4.69, 9.17) is 0 Å². The normalized spacial score (nSPS) is 14.3. The molecule has 0 aliphatic carbocycles. The number of hydrogen-bond acceptors (Lipinski definition) is 5. The smallest absolute Gasteiger partial charge is 0.252 e. The van der Waals surface area contributed by atoms with Crippen LogP contribution in [0.5, 0.6) is 0 Å². The molecule has 96 heavy (non-hydrogen) atoms. The van der Waals surface area contributed by atoms with Gasteiger partial charge in [-0.3, -0.25) is 0 Å². The average molecular weight is 1250 g/mol. The molecule has 1 aromatic heterocycles. The standard InChI is InChI=1S/C90H65BN4S/c1-89(2)70-36-18-22-40-78(70)92(79-41-23-19-37-71(79)89)64-47-51-82-74(55-64)91-75-56-65(93-80-42-24-20-38-72(80)90(3,4)73-39-21-25-43-81(73)93)48-52-83(75)95(77-50-46-63(59-29-11-6-12-30-59)54-68(77)61-33-15-8-16-34-61)87-86(91)84(57-69-66-35-17-26-44-85(66)96-88(69)87)94(82)76-49-45-62(58-27-9-5-10-28-58)53-67(76)60-31-13-7-14-32-60/h5-57H,1-4H3. The van der Waals surface area contributed by atoms with Crippen molar-refractivity contribution in [2.75, 3.05) is 19.6 Å². The molecule has 6 heteroatoms. The van der Waals surface area contributed by atoms with Crippen molar-refractivity contribution >= 4 is 123 Å². The molecule has 19 rings (SSSR count). The molecule has 0 spiro atoms. The molecule has 0 fully saturated rings. The van der Waals surface area contributed by atoms with Crippen molar-refractivity contribution in [2.24, 2.45) is 0 Å². The molecule has 0 N–H and O–H groups in total. The summed E-state index contributed by atoms with van der Waals surface area (Å²) in [5.74, 6) is 0. The van der Waals surface area contributed by atoms with Gasteiger partial charge in [-0.2, -0.15) is 0 Å². The summed E-state index contributed by atoms with van der Waals surface area (Å²) in [4.78, 5) is 10.4. The van der Waals surface area contributed by atoms with Crippen LogP contribution in [0.1, 0.15) is 49.9 Å². The van der Waals surface area contributed by atoms with E-state index in [-0.39, 0.29) is 17.5 Å². The van der Waals surface area contributed by atoms with E-state index in [0.717, 1.165) is 62.1 Å². The van der Waals surface area contributed by atoms with Crippen molar-refractivity contribution in [1.82, 2.24) is 0 Å². The summed E-state index contributed by atoms with van der Waals surface area (Å²) in [5, 5.41) is 2.48. The Morgan fingerprint density at radius 2 is 0.646 bits per heavy atom. The highest BCUT2D eigenvalue weighted by atomic mass is 32.1. The summed E-state index contributed by atoms with van der Waals surface area (Å²) < 4.78 is 2.51. The maximum atomic E-state index is 2.69. The van der Waals surface area contributed by atoms with Crippen LogP contribution in [0, 0.1) is 0 Å². The van der Waals surface area contributed by atoms with Gasteiger partial charge in [0.15, 0.2) is 0 Å². The third-order valence-electron chi connectivity index (χ3n) is 21.2. The van der Waals surface area contributed by atoms with Gasteiger partial charge in [0.2, 0.25) is 0 Å². The van der Waals surface area contributed by atoms with Gasteiger partial charge in [0.05, 0.1) is 44.5 Å². The summed E-state index contributed by atoms with van der Waals surface area (Å²) in [6.07, 6.45) is 0. The minimum absolute atomic E-state index is 0.237. The first-order valence-electron chi connectivity index (χ1n) is 33.5. The van der Waals surface area contributed by atoms with Crippen LogP contribution in [0.2, 0.25) is 0 Å². The molecule has 0 atom stereocenters. The highest BCUT2D eigenvalue weighted by Crippen LogP contribution is 2.58. The van der Waals surface area contributed by atoms with Gasteiger partial charge in [0.1, 0.15) is 0 Å². The van der Waals surface area contributed by atoms with Crippen LogP contribution in [0.4, 0.5) is 68.2 Å². The van der Waals surface area contributed by atoms with E-state index in [1.165, 1.54) is 110 Å². The van der Waals surface area contributed by atoms with Gasteiger partial charge in [0, 0.05) is 65.9 Å². The number of nitrogens with zero attached hydrogens (tertiary/aromatic N) is 4. The monoisotopic (exact) mass is 1240 g/mol. The quantitative estimate of drug-likeness (QED) is 0.141. The fourth-order valence-electron chi connectivity index (χ4n) is 16.7. The predicted molar refractivity (Wildman–Crippen MR) is 409 cm³/mol. The summed E-state index contributed by atoms with van der Waals surface area (Å²) >= 11 is 1.92. The molecule has 14 aromatic carbocycles. The first kappa shape index (κ1) is 56.1. The van der Waals surface area contributed by atoms with Crippen molar-refractivity contribution < 1.29 is 0 Å². The molecular weight excluding hydrogens is 1180 g/mol. The maximum absolute atomic E-state index is 2.69. The number of para-hydroxylation sites is 4. The van der Waals surface area contributed by atoms with Gasteiger partial charge < -0.3 is 19.6 Å². The van der Waals surface area contributed by atoms with Gasteiger partial charge in [-0.1, -0.05) is 252 Å². The Bertz CT molecular complexity index is 5420. The first-order chi connectivity index (χ1) is 47.2. The zero-order chi connectivity index (χ0) is 64.0. The summed E-state index contributed by atoms with van der Waals surface area (Å²) in [6, 6.07) is 121. The van der Waals surface area contributed by atoms with Crippen LogP contribution < -0.4 is 36.0 Å². The molecule has 0 bridgehead atoms. The van der Waals surface area contributed by atoms with E-state index in [1.54, 1.807) is 0 Å². The Morgan fingerprint density at radius 1 is 0.271 bits per heavy atom. The topological polar surface area (TPSA) is 13.0 Å². The third-order valence-corrected chi connectivity index (χ3v) is 22.4. The fourth-order valence-corrected chi connectivity index (χ4v) is 17.9. The fraction of sp³-hybridized carbons (Fsp3) is 0.0667. The SMILES string of the molecule is CC1(C)c2ccccc2N(c2ccc3c(c2)B2c4cc(N5c6ccccc6C(C)(C)c6ccccc65)ccc4N(c4ccc(-c5ccccc5)cc4-c4ccccc4)c4c2c(cc2c4sc4ccccc42)N3c2ccc(-c3ccccc3)cc2-c2ccccc2)c2ccccc21. The van der Waals surface area contributed by atoms with E-state index in [9.17, 15) is 0 Å². The van der Waals surface area contributed by atoms with Gasteiger partial charge in [0.25, 0.3) is 6.71 Å². The number of anilines is 12. The molecule has 0 unspecified atom stereocenters. The highest BCUT2D eigenvalue weighted by molar-refractivity contribution is 7.26. The summed E-state index contributed by atoms with van der Waals surface area (Å²) in [5.41, 5.74) is 31.6. The summed E-state index contributed by atoms with van der Waals surface area (Å²) in [6.45, 7) is 9.26. The average Bonchev–Trinajstić information content (AvgIpc) is 1.03. The Balaban J connectivity index is 0.969. The van der Waals surface area contributed by atoms with Gasteiger partial charge in [-0.15, -0.1) is 11.3 Å². The number of hydrogen-bond donors (Lipinski definition) is 0. The number of benzene rings is 14. The Kier molecular flexibility index (Phi) is 12.6. The van der Waals surface area contributed by atoms with Gasteiger partial charge in [-0.05, 0) is 169 Å². The van der Waals surface area contributed by atoms with Crippen LogP contribution in [0.3, 0.4) is 0 Å². The largest absolute Gasteiger partial charge is 0.311 e. The molecule has 0 amide bonds. The van der Waals surface area contributed by atoms with Crippen LogP contribution in [-0.4, -0.2) is 6.71 Å². The number of fused-ring (bicyclic) bond motifs is 12. The lowest BCUT2D eigenvalue weighted by atomic mass is 9.33. The van der Waals surface area contributed by atoms with E-state index in [2.05, 4.69) is 369 Å². The van der Waals surface area contributed by atoms with Gasteiger partial charge in [-0.25, -0.2) is 0 Å².